The van der Waals surface area contributed by atoms with Crippen molar-refractivity contribution >= 4 is 21.4 Å². The SMILES string of the molecule is O=C(Nc1ccc(OC(F)F)cc1)C1CCS(=O)(=O)C1. The molecule has 0 aromatic heterocycles. The number of hydrogen-bond donors (Lipinski definition) is 1. The van der Waals surface area contributed by atoms with Crippen LogP contribution in [-0.2, 0) is 14.6 Å². The molecular formula is C12H13F2NO4S. The van der Waals surface area contributed by atoms with Crippen LogP contribution in [0, 0.1) is 5.92 Å². The lowest BCUT2D eigenvalue weighted by Gasteiger charge is -2.10. The standard InChI is InChI=1S/C12H13F2NO4S/c13-12(14)19-10-3-1-9(2-4-10)15-11(16)8-5-6-20(17,18)7-8/h1-4,8,12H,5-7H2,(H,15,16). The number of sulfone groups is 1. The van der Waals surface area contributed by atoms with Crippen molar-refractivity contribution in [2.75, 3.05) is 16.8 Å². The third kappa shape index (κ3) is 3.89. The van der Waals surface area contributed by atoms with Crippen LogP contribution >= 0.6 is 0 Å². The maximum absolute atomic E-state index is 12.0. The molecule has 1 aromatic carbocycles. The van der Waals surface area contributed by atoms with E-state index in [4.69, 9.17) is 0 Å². The highest BCUT2D eigenvalue weighted by Gasteiger charge is 2.32. The molecule has 0 saturated carbocycles. The summed E-state index contributed by atoms with van der Waals surface area (Å²) < 4.78 is 50.7. The molecule has 8 heteroatoms. The molecule has 1 aliphatic rings. The number of alkyl halides is 2. The monoisotopic (exact) mass is 305 g/mol. The van der Waals surface area contributed by atoms with Gasteiger partial charge in [0.2, 0.25) is 5.91 Å². The molecule has 1 N–H and O–H groups in total. The Morgan fingerprint density at radius 3 is 2.45 bits per heavy atom. The Balaban J connectivity index is 1.95. The molecule has 0 bridgehead atoms. The van der Waals surface area contributed by atoms with Crippen molar-refractivity contribution in [3.05, 3.63) is 24.3 Å². The summed E-state index contributed by atoms with van der Waals surface area (Å²) in [5.41, 5.74) is 0.404. The molecule has 1 aromatic rings. The van der Waals surface area contributed by atoms with Gasteiger partial charge in [-0.2, -0.15) is 8.78 Å². The molecule has 0 radical (unpaired) electrons. The van der Waals surface area contributed by atoms with Crippen LogP contribution in [0.15, 0.2) is 24.3 Å². The second-order valence-corrected chi connectivity index (χ2v) is 6.72. The Labute approximate surface area is 114 Å². The van der Waals surface area contributed by atoms with Gasteiger partial charge in [0, 0.05) is 5.69 Å². The van der Waals surface area contributed by atoms with Gasteiger partial charge < -0.3 is 10.1 Å². The first-order chi connectivity index (χ1) is 9.35. The topological polar surface area (TPSA) is 72.5 Å². The largest absolute Gasteiger partial charge is 0.435 e. The minimum absolute atomic E-state index is 0.0126. The molecular weight excluding hydrogens is 292 g/mol. The van der Waals surface area contributed by atoms with Crippen LogP contribution in [0.1, 0.15) is 6.42 Å². The van der Waals surface area contributed by atoms with Crippen LogP contribution < -0.4 is 10.1 Å². The zero-order chi connectivity index (χ0) is 14.8. The van der Waals surface area contributed by atoms with Crippen molar-refractivity contribution in [2.45, 2.75) is 13.0 Å². The van der Waals surface area contributed by atoms with Gasteiger partial charge in [0.15, 0.2) is 9.84 Å². The zero-order valence-electron chi connectivity index (χ0n) is 10.4. The fraction of sp³-hybridized carbons (Fsp3) is 0.417. The first-order valence-electron chi connectivity index (χ1n) is 5.92. The van der Waals surface area contributed by atoms with E-state index in [0.29, 0.717) is 12.1 Å². The van der Waals surface area contributed by atoms with E-state index in [2.05, 4.69) is 10.1 Å². The lowest BCUT2D eigenvalue weighted by Crippen LogP contribution is -2.23. The molecule has 0 aliphatic carbocycles. The molecule has 1 atom stereocenters. The Hall–Kier alpha value is -1.70. The van der Waals surface area contributed by atoms with E-state index in [1.54, 1.807) is 0 Å². The van der Waals surface area contributed by atoms with Crippen LogP contribution in [0.2, 0.25) is 0 Å². The lowest BCUT2D eigenvalue weighted by molar-refractivity contribution is -0.119. The van der Waals surface area contributed by atoms with Gasteiger partial charge in [0.1, 0.15) is 5.75 Å². The van der Waals surface area contributed by atoms with Crippen molar-refractivity contribution in [1.29, 1.82) is 0 Å². The quantitative estimate of drug-likeness (QED) is 0.918. The van der Waals surface area contributed by atoms with E-state index in [-0.39, 0.29) is 23.2 Å². The first kappa shape index (κ1) is 14.7. The van der Waals surface area contributed by atoms with Crippen molar-refractivity contribution in [1.82, 2.24) is 0 Å². The number of rotatable bonds is 4. The molecule has 1 saturated heterocycles. The molecule has 2 rings (SSSR count). The van der Waals surface area contributed by atoms with Crippen LogP contribution in [0.25, 0.3) is 0 Å². The van der Waals surface area contributed by atoms with E-state index in [9.17, 15) is 22.0 Å². The van der Waals surface area contributed by atoms with Crippen LogP contribution in [0.4, 0.5) is 14.5 Å². The van der Waals surface area contributed by atoms with Gasteiger partial charge in [0.05, 0.1) is 17.4 Å². The number of hydrogen-bond acceptors (Lipinski definition) is 4. The highest BCUT2D eigenvalue weighted by molar-refractivity contribution is 7.91. The Morgan fingerprint density at radius 2 is 1.95 bits per heavy atom. The summed E-state index contributed by atoms with van der Waals surface area (Å²) in [6, 6.07) is 5.43. The highest BCUT2D eigenvalue weighted by Crippen LogP contribution is 2.22. The summed E-state index contributed by atoms with van der Waals surface area (Å²) in [4.78, 5) is 11.8. The van der Waals surface area contributed by atoms with E-state index in [0.717, 1.165) is 0 Å². The van der Waals surface area contributed by atoms with E-state index in [1.807, 2.05) is 0 Å². The van der Waals surface area contributed by atoms with Gasteiger partial charge in [-0.05, 0) is 30.7 Å². The summed E-state index contributed by atoms with van der Waals surface area (Å²) >= 11 is 0. The number of amides is 1. The molecule has 5 nitrogen and oxygen atoms in total. The van der Waals surface area contributed by atoms with Gasteiger partial charge in [-0.3, -0.25) is 4.79 Å². The number of nitrogens with one attached hydrogen (secondary N) is 1. The fourth-order valence-electron chi connectivity index (χ4n) is 1.97. The van der Waals surface area contributed by atoms with Gasteiger partial charge in [-0.1, -0.05) is 0 Å². The number of ether oxygens (including phenoxy) is 1. The van der Waals surface area contributed by atoms with Crippen molar-refractivity contribution < 1.29 is 26.7 Å². The van der Waals surface area contributed by atoms with E-state index in [1.165, 1.54) is 24.3 Å². The molecule has 1 unspecified atom stereocenters. The first-order valence-corrected chi connectivity index (χ1v) is 7.74. The summed E-state index contributed by atoms with van der Waals surface area (Å²) in [6.45, 7) is -2.90. The molecule has 0 spiro atoms. The molecule has 1 aliphatic heterocycles. The maximum atomic E-state index is 12.0. The average Bonchev–Trinajstić information content (AvgIpc) is 2.72. The number of benzene rings is 1. The maximum Gasteiger partial charge on any atom is 0.387 e. The van der Waals surface area contributed by atoms with Crippen LogP contribution in [0.3, 0.4) is 0 Å². The molecule has 1 heterocycles. The number of carbonyl (C=O) groups excluding carboxylic acids is 1. The second kappa shape index (κ2) is 5.74. The van der Waals surface area contributed by atoms with Crippen molar-refractivity contribution in [3.63, 3.8) is 0 Å². The van der Waals surface area contributed by atoms with Crippen LogP contribution in [0.5, 0.6) is 5.75 Å². The number of carbonyl (C=O) groups is 1. The lowest BCUT2D eigenvalue weighted by atomic mass is 10.1. The Morgan fingerprint density at radius 1 is 1.30 bits per heavy atom. The second-order valence-electron chi connectivity index (χ2n) is 4.49. The predicted octanol–water partition coefficient (Wildman–Crippen LogP) is 1.66. The minimum atomic E-state index is -3.12. The third-order valence-electron chi connectivity index (χ3n) is 2.95. The normalized spacial score (nSPS) is 20.9. The molecule has 20 heavy (non-hydrogen) atoms. The minimum Gasteiger partial charge on any atom is -0.435 e. The number of anilines is 1. The van der Waals surface area contributed by atoms with Gasteiger partial charge in [0.25, 0.3) is 0 Å². The molecule has 1 amide bonds. The summed E-state index contributed by atoms with van der Waals surface area (Å²) in [7, 11) is -3.12. The van der Waals surface area contributed by atoms with Gasteiger partial charge in [-0.15, -0.1) is 0 Å². The predicted molar refractivity (Wildman–Crippen MR) is 68.5 cm³/mol. The summed E-state index contributed by atoms with van der Waals surface area (Å²) in [5, 5.41) is 2.56. The smallest absolute Gasteiger partial charge is 0.387 e. The Bertz CT molecular complexity index is 586. The molecule has 1 fully saturated rings. The van der Waals surface area contributed by atoms with E-state index < -0.39 is 22.4 Å². The number of halogens is 2. The zero-order valence-corrected chi connectivity index (χ0v) is 11.2. The Kier molecular flexibility index (Phi) is 4.22. The van der Waals surface area contributed by atoms with Gasteiger partial charge >= 0.3 is 6.61 Å². The summed E-state index contributed by atoms with van der Waals surface area (Å²) in [5.74, 6) is -1.08. The van der Waals surface area contributed by atoms with Crippen LogP contribution in [-0.4, -0.2) is 32.4 Å². The van der Waals surface area contributed by atoms with Crippen molar-refractivity contribution in [2.24, 2.45) is 5.92 Å². The average molecular weight is 305 g/mol. The van der Waals surface area contributed by atoms with E-state index >= 15 is 0 Å². The molecule has 110 valence electrons. The fourth-order valence-corrected chi connectivity index (χ4v) is 3.71. The third-order valence-corrected chi connectivity index (χ3v) is 4.72. The highest BCUT2D eigenvalue weighted by atomic mass is 32.2. The summed E-state index contributed by atoms with van der Waals surface area (Å²) in [6.07, 6.45) is 0.306. The van der Waals surface area contributed by atoms with Gasteiger partial charge in [-0.25, -0.2) is 8.42 Å². The van der Waals surface area contributed by atoms with Crippen molar-refractivity contribution in [3.8, 4) is 5.75 Å².